The van der Waals surface area contributed by atoms with E-state index in [1.807, 2.05) is 61.5 Å². The lowest BCUT2D eigenvalue weighted by molar-refractivity contribution is -0.122. The second-order valence-electron chi connectivity index (χ2n) is 7.60. The summed E-state index contributed by atoms with van der Waals surface area (Å²) in [6.07, 6.45) is 1.47. The van der Waals surface area contributed by atoms with E-state index in [0.29, 0.717) is 5.69 Å². The van der Waals surface area contributed by atoms with Crippen molar-refractivity contribution in [2.24, 2.45) is 5.92 Å². The number of hydrogen-bond acceptors (Lipinski definition) is 5. The lowest BCUT2D eigenvalue weighted by Crippen LogP contribution is -2.29. The van der Waals surface area contributed by atoms with Crippen LogP contribution in [0.3, 0.4) is 0 Å². The van der Waals surface area contributed by atoms with Gasteiger partial charge in [-0.1, -0.05) is 35.9 Å². The van der Waals surface area contributed by atoms with Gasteiger partial charge in [-0.15, -0.1) is 0 Å². The second kappa shape index (κ2) is 9.05. The van der Waals surface area contributed by atoms with Crippen LogP contribution in [0.25, 0.3) is 5.69 Å². The third-order valence-electron chi connectivity index (χ3n) is 5.35. The molecule has 1 aliphatic rings. The summed E-state index contributed by atoms with van der Waals surface area (Å²) in [5, 5.41) is 7.10. The molecule has 0 aliphatic carbocycles. The first-order chi connectivity index (χ1) is 15.5. The largest absolute Gasteiger partial charge is 0.462 e. The highest BCUT2D eigenvalue weighted by Gasteiger charge is 2.36. The summed E-state index contributed by atoms with van der Waals surface area (Å²) in [7, 11) is 0. The molecule has 32 heavy (non-hydrogen) atoms. The van der Waals surface area contributed by atoms with Gasteiger partial charge in [-0.3, -0.25) is 9.59 Å². The van der Waals surface area contributed by atoms with Gasteiger partial charge in [0.2, 0.25) is 11.8 Å². The van der Waals surface area contributed by atoms with Crippen LogP contribution in [0.5, 0.6) is 0 Å². The van der Waals surface area contributed by atoms with Gasteiger partial charge in [0.15, 0.2) is 5.82 Å². The summed E-state index contributed by atoms with van der Waals surface area (Å²) >= 11 is 0. The molecule has 1 atom stereocenters. The molecule has 0 radical (unpaired) electrons. The minimum Gasteiger partial charge on any atom is -0.462 e. The van der Waals surface area contributed by atoms with E-state index >= 15 is 0 Å². The van der Waals surface area contributed by atoms with Crippen LogP contribution in [-0.4, -0.2) is 40.7 Å². The fraction of sp³-hybridized carbons (Fsp3) is 0.250. The SMILES string of the molecule is CCOC(=O)c1cnn(-c2ccccc2)c1NC(=O)C1CC(=O)N(c2ccc(C)cc2)C1. The number of benzene rings is 2. The van der Waals surface area contributed by atoms with E-state index < -0.39 is 11.9 Å². The summed E-state index contributed by atoms with van der Waals surface area (Å²) < 4.78 is 6.61. The van der Waals surface area contributed by atoms with E-state index in [1.54, 1.807) is 11.8 Å². The molecule has 4 rings (SSSR count). The molecule has 2 heterocycles. The van der Waals surface area contributed by atoms with Crippen LogP contribution in [0.2, 0.25) is 0 Å². The van der Waals surface area contributed by atoms with E-state index in [2.05, 4.69) is 10.4 Å². The third-order valence-corrected chi connectivity index (χ3v) is 5.35. The number of carbonyl (C=O) groups excluding carboxylic acids is 3. The van der Waals surface area contributed by atoms with Crippen molar-refractivity contribution in [2.75, 3.05) is 23.4 Å². The van der Waals surface area contributed by atoms with Crippen molar-refractivity contribution >= 4 is 29.3 Å². The quantitative estimate of drug-likeness (QED) is 0.603. The number of esters is 1. The highest BCUT2D eigenvalue weighted by Crippen LogP contribution is 2.28. The number of anilines is 2. The number of ether oxygens (including phenoxy) is 1. The molecule has 1 aliphatic heterocycles. The van der Waals surface area contributed by atoms with Crippen molar-refractivity contribution < 1.29 is 19.1 Å². The van der Waals surface area contributed by atoms with Gasteiger partial charge in [-0.2, -0.15) is 5.10 Å². The van der Waals surface area contributed by atoms with Crippen molar-refractivity contribution in [3.8, 4) is 5.69 Å². The van der Waals surface area contributed by atoms with Crippen molar-refractivity contribution in [1.29, 1.82) is 0 Å². The molecular formula is C24H24N4O4. The maximum absolute atomic E-state index is 13.1. The van der Waals surface area contributed by atoms with Gasteiger partial charge in [0.05, 0.1) is 24.4 Å². The normalized spacial score (nSPS) is 15.6. The number of nitrogens with one attached hydrogen (secondary N) is 1. The number of nitrogens with zero attached hydrogens (tertiary/aromatic N) is 3. The van der Waals surface area contributed by atoms with E-state index in [4.69, 9.17) is 4.74 Å². The van der Waals surface area contributed by atoms with Crippen LogP contribution < -0.4 is 10.2 Å². The highest BCUT2D eigenvalue weighted by molar-refractivity contribution is 6.05. The minimum atomic E-state index is -0.575. The van der Waals surface area contributed by atoms with Crippen LogP contribution in [0.15, 0.2) is 60.8 Å². The van der Waals surface area contributed by atoms with Crippen molar-refractivity contribution in [3.63, 3.8) is 0 Å². The van der Waals surface area contributed by atoms with Gasteiger partial charge >= 0.3 is 5.97 Å². The maximum atomic E-state index is 13.1. The summed E-state index contributed by atoms with van der Waals surface area (Å²) in [4.78, 5) is 39.8. The first-order valence-corrected chi connectivity index (χ1v) is 10.5. The molecule has 1 unspecified atom stereocenters. The number of rotatable bonds is 6. The number of aromatic nitrogens is 2. The summed E-state index contributed by atoms with van der Waals surface area (Å²) in [5.41, 5.74) is 2.69. The molecule has 0 saturated carbocycles. The van der Waals surface area contributed by atoms with Crippen LogP contribution >= 0.6 is 0 Å². The van der Waals surface area contributed by atoms with E-state index in [1.165, 1.54) is 10.9 Å². The highest BCUT2D eigenvalue weighted by atomic mass is 16.5. The van der Waals surface area contributed by atoms with Crippen molar-refractivity contribution in [3.05, 3.63) is 71.9 Å². The molecule has 2 amide bonds. The van der Waals surface area contributed by atoms with Crippen molar-refractivity contribution in [2.45, 2.75) is 20.3 Å². The van der Waals surface area contributed by atoms with Crippen LogP contribution in [0, 0.1) is 12.8 Å². The Morgan fingerprint density at radius 3 is 2.50 bits per heavy atom. The molecule has 8 heteroatoms. The molecule has 1 N–H and O–H groups in total. The van der Waals surface area contributed by atoms with Gasteiger partial charge < -0.3 is 15.0 Å². The fourth-order valence-electron chi connectivity index (χ4n) is 3.67. The van der Waals surface area contributed by atoms with Gasteiger partial charge in [-0.05, 0) is 38.1 Å². The number of carbonyl (C=O) groups is 3. The minimum absolute atomic E-state index is 0.0912. The van der Waals surface area contributed by atoms with Crippen LogP contribution in [-0.2, 0) is 14.3 Å². The first kappa shape index (κ1) is 21.3. The smallest absolute Gasteiger partial charge is 0.343 e. The number of para-hydroxylation sites is 1. The molecule has 1 saturated heterocycles. The summed E-state index contributed by atoms with van der Waals surface area (Å²) in [6, 6.07) is 16.8. The number of amides is 2. The standard InChI is InChI=1S/C24H24N4O4/c1-3-32-24(31)20-14-25-28(19-7-5-4-6-8-19)22(20)26-23(30)17-13-21(29)27(15-17)18-11-9-16(2)10-12-18/h4-12,14,17H,3,13,15H2,1-2H3,(H,26,30). The molecule has 0 spiro atoms. The molecule has 1 aromatic heterocycles. The average Bonchev–Trinajstić information content (AvgIpc) is 3.39. The van der Waals surface area contributed by atoms with E-state index in [9.17, 15) is 14.4 Å². The fourth-order valence-corrected chi connectivity index (χ4v) is 3.67. The van der Waals surface area contributed by atoms with Crippen LogP contribution in [0.4, 0.5) is 11.5 Å². The summed E-state index contributed by atoms with van der Waals surface area (Å²) in [6.45, 7) is 4.15. The monoisotopic (exact) mass is 432 g/mol. The lowest BCUT2D eigenvalue weighted by Gasteiger charge is -2.17. The Hall–Kier alpha value is -3.94. The zero-order valence-electron chi connectivity index (χ0n) is 17.9. The Bertz CT molecular complexity index is 1140. The third kappa shape index (κ3) is 4.25. The molecule has 3 aromatic rings. The topological polar surface area (TPSA) is 93.5 Å². The Kier molecular flexibility index (Phi) is 6.02. The maximum Gasteiger partial charge on any atom is 0.343 e. The van der Waals surface area contributed by atoms with Gasteiger partial charge in [0, 0.05) is 18.7 Å². The Morgan fingerprint density at radius 2 is 1.81 bits per heavy atom. The molecule has 1 fully saturated rings. The predicted octanol–water partition coefficient (Wildman–Crippen LogP) is 3.35. The molecule has 0 bridgehead atoms. The molecule has 8 nitrogen and oxygen atoms in total. The average molecular weight is 432 g/mol. The Morgan fingerprint density at radius 1 is 1.09 bits per heavy atom. The van der Waals surface area contributed by atoms with Gasteiger partial charge in [0.1, 0.15) is 5.56 Å². The van der Waals surface area contributed by atoms with Crippen molar-refractivity contribution in [1.82, 2.24) is 9.78 Å². The second-order valence-corrected chi connectivity index (χ2v) is 7.60. The van der Waals surface area contributed by atoms with E-state index in [-0.39, 0.29) is 42.8 Å². The van der Waals surface area contributed by atoms with E-state index in [0.717, 1.165) is 11.3 Å². The van der Waals surface area contributed by atoms with Gasteiger partial charge in [-0.25, -0.2) is 9.48 Å². The Labute approximate surface area is 185 Å². The molecule has 164 valence electrons. The van der Waals surface area contributed by atoms with Crippen LogP contribution in [0.1, 0.15) is 29.3 Å². The lowest BCUT2D eigenvalue weighted by atomic mass is 10.1. The zero-order chi connectivity index (χ0) is 22.7. The number of hydrogen-bond donors (Lipinski definition) is 1. The van der Waals surface area contributed by atoms with Gasteiger partial charge in [0.25, 0.3) is 0 Å². The molecule has 2 aromatic carbocycles. The Balaban J connectivity index is 1.58. The summed E-state index contributed by atoms with van der Waals surface area (Å²) in [5.74, 6) is -1.38. The number of aryl methyl sites for hydroxylation is 1. The first-order valence-electron chi connectivity index (χ1n) is 10.5. The predicted molar refractivity (Wildman–Crippen MR) is 120 cm³/mol. The zero-order valence-corrected chi connectivity index (χ0v) is 17.9. The molecular weight excluding hydrogens is 408 g/mol.